The van der Waals surface area contributed by atoms with E-state index in [1.54, 1.807) is 7.11 Å². The molecule has 1 heterocycles. The average Bonchev–Trinajstić information content (AvgIpc) is 2.79. The molecule has 0 radical (unpaired) electrons. The highest BCUT2D eigenvalue weighted by molar-refractivity contribution is 5.80. The zero-order chi connectivity index (χ0) is 11.8. The van der Waals surface area contributed by atoms with Gasteiger partial charge in [0.25, 0.3) is 0 Å². The van der Waals surface area contributed by atoms with Gasteiger partial charge >= 0.3 is 0 Å². The number of rotatable bonds is 2. The Labute approximate surface area is 99.4 Å². The van der Waals surface area contributed by atoms with Crippen LogP contribution in [0.15, 0.2) is 23.0 Å². The van der Waals surface area contributed by atoms with Gasteiger partial charge in [-0.2, -0.15) is 0 Å². The summed E-state index contributed by atoms with van der Waals surface area (Å²) in [7, 11) is 1.66. The Morgan fingerprint density at radius 1 is 1.35 bits per heavy atom. The van der Waals surface area contributed by atoms with E-state index in [1.807, 2.05) is 18.2 Å². The van der Waals surface area contributed by atoms with Crippen molar-refractivity contribution in [2.24, 2.45) is 0 Å². The van der Waals surface area contributed by atoms with Gasteiger partial charge in [0.15, 0.2) is 5.43 Å². The minimum atomic E-state index is 0.198. The highest BCUT2D eigenvalue weighted by atomic mass is 16.5. The first-order valence-corrected chi connectivity index (χ1v) is 5.95. The maximum absolute atomic E-state index is 12.3. The molecule has 1 aliphatic rings. The van der Waals surface area contributed by atoms with E-state index in [0.29, 0.717) is 6.61 Å². The Morgan fingerprint density at radius 3 is 3.06 bits per heavy atom. The van der Waals surface area contributed by atoms with Crippen molar-refractivity contribution in [1.82, 2.24) is 4.98 Å². The van der Waals surface area contributed by atoms with Crippen LogP contribution in [0.4, 0.5) is 0 Å². The minimum Gasteiger partial charge on any atom is -0.380 e. The number of aromatic amines is 1. The Bertz CT molecular complexity index is 628. The lowest BCUT2D eigenvalue weighted by atomic mass is 10.1. The fourth-order valence-corrected chi connectivity index (χ4v) is 2.60. The van der Waals surface area contributed by atoms with Gasteiger partial charge in [0.05, 0.1) is 6.61 Å². The van der Waals surface area contributed by atoms with Crippen LogP contribution in [-0.2, 0) is 24.2 Å². The lowest BCUT2D eigenvalue weighted by molar-refractivity contribution is 0.185. The molecule has 0 bridgehead atoms. The van der Waals surface area contributed by atoms with E-state index in [4.69, 9.17) is 4.74 Å². The number of aryl methyl sites for hydroxylation is 1. The van der Waals surface area contributed by atoms with Crippen LogP contribution in [0.5, 0.6) is 0 Å². The van der Waals surface area contributed by atoms with Gasteiger partial charge in [-0.25, -0.2) is 0 Å². The topological polar surface area (TPSA) is 42.1 Å². The Morgan fingerprint density at radius 2 is 2.24 bits per heavy atom. The second kappa shape index (κ2) is 4.00. The van der Waals surface area contributed by atoms with Gasteiger partial charge in [-0.1, -0.05) is 6.07 Å². The van der Waals surface area contributed by atoms with E-state index in [1.165, 1.54) is 0 Å². The quantitative estimate of drug-likeness (QED) is 0.857. The zero-order valence-electron chi connectivity index (χ0n) is 9.88. The summed E-state index contributed by atoms with van der Waals surface area (Å²) in [6.07, 6.45) is 3.00. The molecule has 0 aliphatic heterocycles. The molecule has 0 unspecified atom stereocenters. The first-order valence-electron chi connectivity index (χ1n) is 5.95. The third-order valence-electron chi connectivity index (χ3n) is 3.42. The lowest BCUT2D eigenvalue weighted by Crippen LogP contribution is -2.10. The van der Waals surface area contributed by atoms with Gasteiger partial charge in [-0.05, 0) is 37.0 Å². The normalized spacial score (nSPS) is 14.2. The van der Waals surface area contributed by atoms with Crippen molar-refractivity contribution in [3.8, 4) is 0 Å². The second-order valence-corrected chi connectivity index (χ2v) is 4.58. The molecule has 3 nitrogen and oxygen atoms in total. The Kier molecular flexibility index (Phi) is 2.48. The van der Waals surface area contributed by atoms with Crippen molar-refractivity contribution in [2.45, 2.75) is 25.9 Å². The molecule has 0 saturated heterocycles. The third-order valence-corrected chi connectivity index (χ3v) is 3.42. The molecule has 0 fully saturated rings. The monoisotopic (exact) mass is 229 g/mol. The van der Waals surface area contributed by atoms with Gasteiger partial charge in [-0.3, -0.25) is 4.79 Å². The number of nitrogens with one attached hydrogen (secondary N) is 1. The molecule has 0 amide bonds. The molecular weight excluding hydrogens is 214 g/mol. The summed E-state index contributed by atoms with van der Waals surface area (Å²) in [5.74, 6) is 0. The summed E-state index contributed by atoms with van der Waals surface area (Å²) >= 11 is 0. The van der Waals surface area contributed by atoms with Gasteiger partial charge in [0.2, 0.25) is 0 Å². The summed E-state index contributed by atoms with van der Waals surface area (Å²) in [4.78, 5) is 15.7. The van der Waals surface area contributed by atoms with Crippen LogP contribution in [0.1, 0.15) is 23.2 Å². The standard InChI is InChI=1S/C14H15NO2/c1-17-8-9-5-6-13-11(7-9)14(16)10-3-2-4-12(10)15-13/h5-7H,2-4,8H2,1H3,(H,15,16). The van der Waals surface area contributed by atoms with Gasteiger partial charge in [0.1, 0.15) is 0 Å². The SMILES string of the molecule is COCc1ccc2[nH]c3c(c(=O)c2c1)CCC3. The molecule has 3 heteroatoms. The molecule has 17 heavy (non-hydrogen) atoms. The molecule has 0 atom stereocenters. The van der Waals surface area contributed by atoms with Crippen molar-refractivity contribution >= 4 is 10.9 Å². The number of H-pyrrole nitrogens is 1. The van der Waals surface area contributed by atoms with Crippen LogP contribution in [0.2, 0.25) is 0 Å². The maximum Gasteiger partial charge on any atom is 0.192 e. The number of aromatic nitrogens is 1. The number of methoxy groups -OCH3 is 1. The van der Waals surface area contributed by atoms with E-state index >= 15 is 0 Å². The highest BCUT2D eigenvalue weighted by Gasteiger charge is 2.16. The summed E-state index contributed by atoms with van der Waals surface area (Å²) in [6, 6.07) is 5.92. The number of ether oxygens (including phenoxy) is 1. The predicted molar refractivity (Wildman–Crippen MR) is 67.3 cm³/mol. The van der Waals surface area contributed by atoms with Crippen LogP contribution in [0, 0.1) is 0 Å². The zero-order valence-corrected chi connectivity index (χ0v) is 9.88. The Balaban J connectivity index is 2.26. The van der Waals surface area contributed by atoms with Crippen LogP contribution < -0.4 is 5.43 Å². The number of benzene rings is 1. The summed E-state index contributed by atoms with van der Waals surface area (Å²) in [5, 5.41) is 0.792. The molecule has 3 rings (SSSR count). The molecule has 1 aliphatic carbocycles. The van der Waals surface area contributed by atoms with Gasteiger partial charge in [-0.15, -0.1) is 0 Å². The number of hydrogen-bond acceptors (Lipinski definition) is 2. The van der Waals surface area contributed by atoms with Gasteiger partial charge in [0, 0.05) is 29.3 Å². The summed E-state index contributed by atoms with van der Waals surface area (Å²) in [6.45, 7) is 0.548. The van der Waals surface area contributed by atoms with Crippen molar-refractivity contribution in [1.29, 1.82) is 0 Å². The number of fused-ring (bicyclic) bond motifs is 2. The average molecular weight is 229 g/mol. The van der Waals surface area contributed by atoms with Crippen LogP contribution in [0.3, 0.4) is 0 Å². The Hall–Kier alpha value is -1.61. The van der Waals surface area contributed by atoms with Crippen LogP contribution in [0.25, 0.3) is 10.9 Å². The minimum absolute atomic E-state index is 0.198. The number of hydrogen-bond donors (Lipinski definition) is 1. The maximum atomic E-state index is 12.3. The van der Waals surface area contributed by atoms with E-state index < -0.39 is 0 Å². The molecule has 2 aromatic rings. The molecule has 88 valence electrons. The third kappa shape index (κ3) is 1.67. The smallest absolute Gasteiger partial charge is 0.192 e. The molecule has 1 aromatic carbocycles. The molecule has 0 spiro atoms. The van der Waals surface area contributed by atoms with Crippen LogP contribution >= 0.6 is 0 Å². The lowest BCUT2D eigenvalue weighted by Gasteiger charge is -2.06. The van der Waals surface area contributed by atoms with E-state index in [0.717, 1.165) is 47.0 Å². The highest BCUT2D eigenvalue weighted by Crippen LogP contribution is 2.21. The largest absolute Gasteiger partial charge is 0.380 e. The molecule has 1 aromatic heterocycles. The fraction of sp³-hybridized carbons (Fsp3) is 0.357. The second-order valence-electron chi connectivity index (χ2n) is 4.58. The predicted octanol–water partition coefficient (Wildman–Crippen LogP) is 2.16. The van der Waals surface area contributed by atoms with Crippen molar-refractivity contribution < 1.29 is 4.74 Å². The van der Waals surface area contributed by atoms with Crippen molar-refractivity contribution in [3.05, 3.63) is 45.2 Å². The van der Waals surface area contributed by atoms with E-state index in [2.05, 4.69) is 4.98 Å². The summed E-state index contributed by atoms with van der Waals surface area (Å²) < 4.78 is 5.10. The summed E-state index contributed by atoms with van der Waals surface area (Å²) in [5.41, 5.74) is 4.29. The van der Waals surface area contributed by atoms with Crippen LogP contribution in [-0.4, -0.2) is 12.1 Å². The van der Waals surface area contributed by atoms with Crippen molar-refractivity contribution in [2.75, 3.05) is 7.11 Å². The van der Waals surface area contributed by atoms with Crippen molar-refractivity contribution in [3.63, 3.8) is 0 Å². The first-order chi connectivity index (χ1) is 8.29. The number of pyridine rings is 1. The molecule has 0 saturated carbocycles. The molecule has 1 N–H and O–H groups in total. The van der Waals surface area contributed by atoms with E-state index in [9.17, 15) is 4.79 Å². The van der Waals surface area contributed by atoms with Gasteiger partial charge < -0.3 is 9.72 Å². The molecular formula is C14H15NO2. The van der Waals surface area contributed by atoms with E-state index in [-0.39, 0.29) is 5.43 Å². The first kappa shape index (κ1) is 10.5. The fourth-order valence-electron chi connectivity index (χ4n) is 2.60.